The van der Waals surface area contributed by atoms with Gasteiger partial charge in [0.15, 0.2) is 0 Å². The van der Waals surface area contributed by atoms with E-state index in [0.717, 1.165) is 13.0 Å². The van der Waals surface area contributed by atoms with Gasteiger partial charge in [-0.1, -0.05) is 44.2 Å². The summed E-state index contributed by atoms with van der Waals surface area (Å²) in [5, 5.41) is 10.9. The van der Waals surface area contributed by atoms with Gasteiger partial charge in [-0.05, 0) is 42.1 Å². The predicted octanol–water partition coefficient (Wildman–Crippen LogP) is 3.56. The fourth-order valence-corrected chi connectivity index (χ4v) is 5.39. The predicted molar refractivity (Wildman–Crippen MR) is 78.2 cm³/mol. The zero-order chi connectivity index (χ0) is 14.0. The van der Waals surface area contributed by atoms with Crippen molar-refractivity contribution in [3.05, 3.63) is 35.9 Å². The van der Waals surface area contributed by atoms with E-state index in [1.54, 1.807) is 0 Å². The van der Waals surface area contributed by atoms with Crippen LogP contribution in [0.2, 0.25) is 0 Å². The molecule has 1 spiro atoms. The molecule has 4 rings (SSSR count). The van der Waals surface area contributed by atoms with Gasteiger partial charge < -0.3 is 9.84 Å². The first-order valence-electron chi connectivity index (χ1n) is 7.90. The van der Waals surface area contributed by atoms with Crippen molar-refractivity contribution in [2.24, 2.45) is 22.7 Å². The normalized spacial score (nSPS) is 45.4. The molecule has 0 aromatic heterocycles. The van der Waals surface area contributed by atoms with Crippen molar-refractivity contribution < 1.29 is 9.84 Å². The number of fused-ring (bicyclic) bond motifs is 1. The number of benzene rings is 1. The van der Waals surface area contributed by atoms with Crippen molar-refractivity contribution in [1.29, 1.82) is 0 Å². The summed E-state index contributed by atoms with van der Waals surface area (Å²) in [6.07, 6.45) is 3.44. The summed E-state index contributed by atoms with van der Waals surface area (Å²) in [5.41, 5.74) is 1.47. The lowest BCUT2D eigenvalue weighted by molar-refractivity contribution is -0.164. The van der Waals surface area contributed by atoms with E-state index in [-0.39, 0.29) is 23.0 Å². The summed E-state index contributed by atoms with van der Waals surface area (Å²) in [6, 6.07) is 10.6. The van der Waals surface area contributed by atoms with Crippen LogP contribution >= 0.6 is 0 Å². The molecule has 3 aliphatic rings. The number of aliphatic hydroxyl groups is 1. The molecule has 1 heterocycles. The first-order chi connectivity index (χ1) is 9.56. The molecule has 1 saturated heterocycles. The van der Waals surface area contributed by atoms with E-state index in [2.05, 4.69) is 44.2 Å². The number of ether oxygens (including phenoxy) is 1. The van der Waals surface area contributed by atoms with E-state index in [4.69, 9.17) is 4.74 Å². The first-order valence-corrected chi connectivity index (χ1v) is 7.90. The Bertz CT molecular complexity index is 509. The van der Waals surface area contributed by atoms with Crippen LogP contribution in [0, 0.1) is 22.7 Å². The second-order valence-corrected chi connectivity index (χ2v) is 7.65. The molecule has 1 aromatic rings. The molecule has 5 atom stereocenters. The number of hydrogen-bond acceptors (Lipinski definition) is 2. The van der Waals surface area contributed by atoms with Crippen LogP contribution in [0.5, 0.6) is 0 Å². The van der Waals surface area contributed by atoms with E-state index < -0.39 is 0 Å². The lowest BCUT2D eigenvalue weighted by Gasteiger charge is -2.51. The van der Waals surface area contributed by atoms with E-state index >= 15 is 0 Å². The van der Waals surface area contributed by atoms with Crippen LogP contribution in [-0.4, -0.2) is 17.8 Å². The fraction of sp³-hybridized carbons (Fsp3) is 0.667. The average molecular weight is 272 g/mol. The highest BCUT2D eigenvalue weighted by Gasteiger charge is 2.67. The van der Waals surface area contributed by atoms with Crippen LogP contribution < -0.4 is 0 Å². The van der Waals surface area contributed by atoms with Crippen LogP contribution in [-0.2, 0) is 4.74 Å². The summed E-state index contributed by atoms with van der Waals surface area (Å²) < 4.78 is 6.13. The Morgan fingerprint density at radius 2 is 1.95 bits per heavy atom. The minimum absolute atomic E-state index is 0.0785. The molecule has 2 saturated carbocycles. The van der Waals surface area contributed by atoms with E-state index in [9.17, 15) is 5.11 Å². The Hall–Kier alpha value is -0.860. The van der Waals surface area contributed by atoms with Crippen LogP contribution in [0.25, 0.3) is 0 Å². The van der Waals surface area contributed by atoms with Gasteiger partial charge in [0, 0.05) is 12.0 Å². The van der Waals surface area contributed by atoms with Gasteiger partial charge in [-0.15, -0.1) is 0 Å². The highest BCUT2D eigenvalue weighted by atomic mass is 16.5. The molecule has 2 aliphatic carbocycles. The first kappa shape index (κ1) is 12.8. The maximum atomic E-state index is 10.9. The van der Waals surface area contributed by atoms with Crippen LogP contribution in [0.15, 0.2) is 30.3 Å². The number of rotatable bonds is 1. The minimum Gasteiger partial charge on any atom is -0.392 e. The number of aliphatic hydroxyl groups excluding tert-OH is 1. The van der Waals surface area contributed by atoms with Gasteiger partial charge in [0.2, 0.25) is 0 Å². The third-order valence-corrected chi connectivity index (χ3v) is 6.56. The Kier molecular flexibility index (Phi) is 2.62. The molecule has 0 amide bonds. The SMILES string of the molecule is CC1(C)[C@@H]2C[C@@H]3[C@@H](c4ccccc4)OCCC3(C2)[C@H]1O. The average Bonchev–Trinajstić information content (AvgIpc) is 2.94. The topological polar surface area (TPSA) is 29.5 Å². The smallest absolute Gasteiger partial charge is 0.0859 e. The third-order valence-electron chi connectivity index (χ3n) is 6.56. The van der Waals surface area contributed by atoms with E-state index in [1.165, 1.54) is 18.4 Å². The lowest BCUT2D eigenvalue weighted by Crippen LogP contribution is -2.51. The van der Waals surface area contributed by atoms with Crippen LogP contribution in [0.4, 0.5) is 0 Å². The highest BCUT2D eigenvalue weighted by molar-refractivity contribution is 5.24. The van der Waals surface area contributed by atoms with Gasteiger partial charge >= 0.3 is 0 Å². The van der Waals surface area contributed by atoms with Crippen LogP contribution in [0.3, 0.4) is 0 Å². The molecule has 108 valence electrons. The van der Waals surface area contributed by atoms with Crippen molar-refractivity contribution in [2.75, 3.05) is 6.61 Å². The zero-order valence-corrected chi connectivity index (χ0v) is 12.4. The largest absolute Gasteiger partial charge is 0.392 e. The van der Waals surface area contributed by atoms with Crippen molar-refractivity contribution in [3.8, 4) is 0 Å². The van der Waals surface area contributed by atoms with Gasteiger partial charge in [-0.3, -0.25) is 0 Å². The van der Waals surface area contributed by atoms with E-state index in [1.807, 2.05) is 0 Å². The molecule has 1 aromatic carbocycles. The standard InChI is InChI=1S/C18H24O2/c1-17(2)13-10-14-15(12-6-4-3-5-7-12)20-9-8-18(14,11-13)16(17)19/h3-7,13-16,19H,8-11H2,1-2H3/t13-,14-,15-,16+,18?/m1/s1. The quantitative estimate of drug-likeness (QED) is 0.847. The Balaban J connectivity index is 1.72. The summed E-state index contributed by atoms with van der Waals surface area (Å²) in [5.74, 6) is 1.14. The molecule has 1 aliphatic heterocycles. The Morgan fingerprint density at radius 3 is 2.65 bits per heavy atom. The molecular formula is C18H24O2. The molecule has 3 fully saturated rings. The maximum Gasteiger partial charge on any atom is 0.0859 e. The fourth-order valence-electron chi connectivity index (χ4n) is 5.39. The summed E-state index contributed by atoms with van der Waals surface area (Å²) in [7, 11) is 0. The Morgan fingerprint density at radius 1 is 1.20 bits per heavy atom. The third kappa shape index (κ3) is 1.47. The van der Waals surface area contributed by atoms with Crippen molar-refractivity contribution >= 4 is 0 Å². The summed E-state index contributed by atoms with van der Waals surface area (Å²) in [6.45, 7) is 5.29. The minimum atomic E-state index is -0.172. The molecule has 2 nitrogen and oxygen atoms in total. The van der Waals surface area contributed by atoms with Gasteiger partial charge in [0.1, 0.15) is 0 Å². The molecule has 1 unspecified atom stereocenters. The van der Waals surface area contributed by atoms with E-state index in [0.29, 0.717) is 11.8 Å². The maximum absolute atomic E-state index is 10.9. The second kappa shape index (κ2) is 4.08. The van der Waals surface area contributed by atoms with Crippen molar-refractivity contribution in [3.63, 3.8) is 0 Å². The van der Waals surface area contributed by atoms with Crippen LogP contribution in [0.1, 0.15) is 44.8 Å². The molecular weight excluding hydrogens is 248 g/mol. The van der Waals surface area contributed by atoms with Gasteiger partial charge in [-0.25, -0.2) is 0 Å². The van der Waals surface area contributed by atoms with Gasteiger partial charge in [0.25, 0.3) is 0 Å². The summed E-state index contributed by atoms with van der Waals surface area (Å²) >= 11 is 0. The Labute approximate surface area is 121 Å². The molecule has 1 N–H and O–H groups in total. The monoisotopic (exact) mass is 272 g/mol. The van der Waals surface area contributed by atoms with Crippen molar-refractivity contribution in [1.82, 2.24) is 0 Å². The van der Waals surface area contributed by atoms with Crippen molar-refractivity contribution in [2.45, 2.75) is 45.3 Å². The highest BCUT2D eigenvalue weighted by Crippen LogP contribution is 2.70. The lowest BCUT2D eigenvalue weighted by atomic mass is 9.60. The molecule has 2 bridgehead atoms. The zero-order valence-electron chi connectivity index (χ0n) is 12.4. The molecule has 2 heteroatoms. The molecule has 20 heavy (non-hydrogen) atoms. The second-order valence-electron chi connectivity index (χ2n) is 7.65. The van der Waals surface area contributed by atoms with Gasteiger partial charge in [0.05, 0.1) is 12.2 Å². The molecule has 0 radical (unpaired) electrons. The number of hydrogen-bond donors (Lipinski definition) is 1. The van der Waals surface area contributed by atoms with Gasteiger partial charge in [-0.2, -0.15) is 0 Å². The summed E-state index contributed by atoms with van der Waals surface area (Å²) in [4.78, 5) is 0.